The van der Waals surface area contributed by atoms with Crippen LogP contribution < -0.4 is 10.6 Å². The van der Waals surface area contributed by atoms with Gasteiger partial charge in [-0.1, -0.05) is 31.5 Å². The molecule has 0 unspecified atom stereocenters. The van der Waals surface area contributed by atoms with Crippen molar-refractivity contribution >= 4 is 17.7 Å². The van der Waals surface area contributed by atoms with E-state index in [-0.39, 0.29) is 35.6 Å². The predicted molar refractivity (Wildman–Crippen MR) is 117 cm³/mol. The Balaban J connectivity index is 1.69. The molecule has 1 aliphatic heterocycles. The zero-order valence-electron chi connectivity index (χ0n) is 18.6. The van der Waals surface area contributed by atoms with Crippen molar-refractivity contribution in [2.45, 2.75) is 65.5 Å². The summed E-state index contributed by atoms with van der Waals surface area (Å²) >= 11 is 0. The number of hydrogen-bond donors (Lipinski definition) is 2. The van der Waals surface area contributed by atoms with Crippen molar-refractivity contribution < 1.29 is 14.4 Å². The van der Waals surface area contributed by atoms with Crippen LogP contribution in [0.5, 0.6) is 0 Å². The van der Waals surface area contributed by atoms with Gasteiger partial charge in [-0.15, -0.1) is 0 Å². The van der Waals surface area contributed by atoms with Crippen LogP contribution in [0, 0.1) is 24.7 Å². The van der Waals surface area contributed by atoms with Crippen molar-refractivity contribution in [1.29, 1.82) is 0 Å². The number of piperidine rings is 1. The fourth-order valence-electron chi connectivity index (χ4n) is 3.93. The second-order valence-electron chi connectivity index (χ2n) is 9.30. The third kappa shape index (κ3) is 5.61. The topological polar surface area (TPSA) is 78.5 Å². The van der Waals surface area contributed by atoms with E-state index in [0.717, 1.165) is 31.2 Å². The molecule has 1 aliphatic carbocycles. The number of carbonyl (C=O) groups excluding carboxylic acids is 3. The average molecular weight is 414 g/mol. The van der Waals surface area contributed by atoms with Gasteiger partial charge in [-0.2, -0.15) is 0 Å². The summed E-state index contributed by atoms with van der Waals surface area (Å²) < 4.78 is 0. The van der Waals surface area contributed by atoms with E-state index in [1.807, 2.05) is 36.9 Å². The van der Waals surface area contributed by atoms with Crippen molar-refractivity contribution in [1.82, 2.24) is 15.5 Å². The van der Waals surface area contributed by atoms with E-state index in [9.17, 15) is 14.4 Å². The Hall–Kier alpha value is -2.37. The molecular weight excluding hydrogens is 378 g/mol. The van der Waals surface area contributed by atoms with Crippen LogP contribution >= 0.6 is 0 Å². The number of rotatable bonds is 7. The van der Waals surface area contributed by atoms with E-state index < -0.39 is 6.04 Å². The molecule has 0 aromatic heterocycles. The summed E-state index contributed by atoms with van der Waals surface area (Å²) in [6.07, 6.45) is 3.45. The van der Waals surface area contributed by atoms with Gasteiger partial charge in [0.1, 0.15) is 6.04 Å². The minimum absolute atomic E-state index is 0.0152. The average Bonchev–Trinajstić information content (AvgIpc) is 3.56. The number of nitrogens with zero attached hydrogens (tertiary/aromatic N) is 1. The minimum atomic E-state index is -0.600. The van der Waals surface area contributed by atoms with Crippen molar-refractivity contribution in [2.75, 3.05) is 13.1 Å². The molecule has 1 saturated heterocycles. The number of likely N-dealkylation sites (tertiary alicyclic amines) is 1. The first-order chi connectivity index (χ1) is 14.3. The van der Waals surface area contributed by atoms with Gasteiger partial charge in [0.05, 0.1) is 0 Å². The highest BCUT2D eigenvalue weighted by molar-refractivity contribution is 5.97. The van der Waals surface area contributed by atoms with Crippen LogP contribution in [0.15, 0.2) is 24.3 Å². The van der Waals surface area contributed by atoms with Crippen LogP contribution in [0.3, 0.4) is 0 Å². The van der Waals surface area contributed by atoms with Gasteiger partial charge in [0.25, 0.3) is 5.91 Å². The summed E-state index contributed by atoms with van der Waals surface area (Å²) in [5, 5.41) is 6.07. The van der Waals surface area contributed by atoms with Crippen LogP contribution in [0.1, 0.15) is 62.4 Å². The molecule has 3 rings (SSSR count). The molecule has 3 amide bonds. The van der Waals surface area contributed by atoms with Gasteiger partial charge in [-0.05, 0) is 63.5 Å². The third-order valence-electron chi connectivity index (χ3n) is 6.47. The molecule has 2 fully saturated rings. The zero-order valence-corrected chi connectivity index (χ0v) is 18.6. The molecule has 2 N–H and O–H groups in total. The molecule has 6 heteroatoms. The van der Waals surface area contributed by atoms with Gasteiger partial charge in [0, 0.05) is 30.6 Å². The molecule has 30 heavy (non-hydrogen) atoms. The van der Waals surface area contributed by atoms with Gasteiger partial charge in [-0.3, -0.25) is 14.4 Å². The first-order valence-corrected chi connectivity index (χ1v) is 11.2. The maximum atomic E-state index is 13.1. The molecule has 0 bridgehead atoms. The first-order valence-electron chi connectivity index (χ1n) is 11.2. The van der Waals surface area contributed by atoms with Crippen molar-refractivity contribution in [3.8, 4) is 0 Å². The van der Waals surface area contributed by atoms with Crippen LogP contribution in [-0.4, -0.2) is 47.8 Å². The highest BCUT2D eigenvalue weighted by Gasteiger charge is 2.38. The SMILES string of the molecule is Cc1cccc(C(=O)N[C@H](C(=O)N[C@H](C)C(C)C)C2CCN(C(=O)C3CC3)CC2)c1. The van der Waals surface area contributed by atoms with Crippen molar-refractivity contribution in [3.63, 3.8) is 0 Å². The predicted octanol–water partition coefficient (Wildman–Crippen LogP) is 2.90. The smallest absolute Gasteiger partial charge is 0.251 e. The quantitative estimate of drug-likeness (QED) is 0.721. The summed E-state index contributed by atoms with van der Waals surface area (Å²) in [7, 11) is 0. The fraction of sp³-hybridized carbons (Fsp3) is 0.625. The fourth-order valence-corrected chi connectivity index (χ4v) is 3.93. The van der Waals surface area contributed by atoms with E-state index in [0.29, 0.717) is 24.6 Å². The summed E-state index contributed by atoms with van der Waals surface area (Å²) in [5.41, 5.74) is 1.56. The lowest BCUT2D eigenvalue weighted by atomic mass is 9.88. The van der Waals surface area contributed by atoms with E-state index in [2.05, 4.69) is 24.5 Å². The van der Waals surface area contributed by atoms with Crippen LogP contribution in [0.2, 0.25) is 0 Å². The third-order valence-corrected chi connectivity index (χ3v) is 6.47. The summed E-state index contributed by atoms with van der Waals surface area (Å²) in [6, 6.07) is 6.81. The number of benzene rings is 1. The molecule has 2 aliphatic rings. The summed E-state index contributed by atoms with van der Waals surface area (Å²) in [6.45, 7) is 9.37. The van der Waals surface area contributed by atoms with Gasteiger partial charge < -0.3 is 15.5 Å². The van der Waals surface area contributed by atoms with Gasteiger partial charge in [0.2, 0.25) is 11.8 Å². The van der Waals surface area contributed by atoms with Crippen LogP contribution in [-0.2, 0) is 9.59 Å². The van der Waals surface area contributed by atoms with E-state index in [1.165, 1.54) is 0 Å². The molecule has 164 valence electrons. The van der Waals surface area contributed by atoms with E-state index in [4.69, 9.17) is 0 Å². The summed E-state index contributed by atoms with van der Waals surface area (Å²) in [4.78, 5) is 40.3. The highest BCUT2D eigenvalue weighted by atomic mass is 16.2. The monoisotopic (exact) mass is 413 g/mol. The second kappa shape index (κ2) is 9.63. The summed E-state index contributed by atoms with van der Waals surface area (Å²) in [5.74, 6) is 0.429. The zero-order chi connectivity index (χ0) is 21.8. The van der Waals surface area contributed by atoms with Crippen molar-refractivity contribution in [2.24, 2.45) is 17.8 Å². The minimum Gasteiger partial charge on any atom is -0.352 e. The number of aryl methyl sites for hydroxylation is 1. The lowest BCUT2D eigenvalue weighted by Gasteiger charge is -2.36. The molecule has 0 spiro atoms. The molecule has 0 radical (unpaired) electrons. The lowest BCUT2D eigenvalue weighted by Crippen LogP contribution is -2.55. The number of carbonyl (C=O) groups is 3. The van der Waals surface area contributed by atoms with Crippen LogP contribution in [0.25, 0.3) is 0 Å². The molecule has 1 aromatic carbocycles. The maximum Gasteiger partial charge on any atom is 0.251 e. The standard InChI is InChI=1S/C24H35N3O3/c1-15(2)17(4)25-23(29)21(26-22(28)20-7-5-6-16(3)14-20)18-10-12-27(13-11-18)24(30)19-8-9-19/h5-7,14-15,17-19,21H,8-13H2,1-4H3,(H,25,29)(H,26,28)/t17-,21+/m1/s1. The van der Waals surface area contributed by atoms with E-state index >= 15 is 0 Å². The molecule has 1 saturated carbocycles. The maximum absolute atomic E-state index is 13.1. The number of nitrogens with one attached hydrogen (secondary N) is 2. The Morgan fingerprint density at radius 1 is 1.00 bits per heavy atom. The van der Waals surface area contributed by atoms with Gasteiger partial charge in [-0.25, -0.2) is 0 Å². The lowest BCUT2D eigenvalue weighted by molar-refractivity contribution is -0.134. The Bertz CT molecular complexity index is 780. The second-order valence-corrected chi connectivity index (χ2v) is 9.30. The highest BCUT2D eigenvalue weighted by Crippen LogP contribution is 2.33. The Kier molecular flexibility index (Phi) is 7.16. The molecule has 6 nitrogen and oxygen atoms in total. The van der Waals surface area contributed by atoms with Crippen LogP contribution in [0.4, 0.5) is 0 Å². The Labute approximate surface area is 179 Å². The molecule has 1 aromatic rings. The van der Waals surface area contributed by atoms with Gasteiger partial charge >= 0.3 is 0 Å². The molecule has 2 atom stereocenters. The Morgan fingerprint density at radius 3 is 2.23 bits per heavy atom. The van der Waals surface area contributed by atoms with Crippen molar-refractivity contribution in [3.05, 3.63) is 35.4 Å². The molecular formula is C24H35N3O3. The number of amides is 3. The van der Waals surface area contributed by atoms with Gasteiger partial charge in [0.15, 0.2) is 0 Å². The first kappa shape index (κ1) is 22.3. The Morgan fingerprint density at radius 2 is 1.67 bits per heavy atom. The number of hydrogen-bond acceptors (Lipinski definition) is 3. The molecule has 1 heterocycles. The normalized spacial score (nSPS) is 19.3. The van der Waals surface area contributed by atoms with E-state index in [1.54, 1.807) is 6.07 Å². The largest absolute Gasteiger partial charge is 0.352 e.